The Morgan fingerprint density at radius 3 is 2.59 bits per heavy atom. The van der Waals surface area contributed by atoms with Crippen LogP contribution in [-0.2, 0) is 11.3 Å². The molecule has 2 aromatic rings. The van der Waals surface area contributed by atoms with Crippen LogP contribution in [0.15, 0.2) is 48.5 Å². The summed E-state index contributed by atoms with van der Waals surface area (Å²) < 4.78 is 5.22. The molecule has 0 saturated carbocycles. The zero-order valence-electron chi connectivity index (χ0n) is 13.3. The lowest BCUT2D eigenvalue weighted by atomic mass is 10.2. The summed E-state index contributed by atoms with van der Waals surface area (Å²) in [5.74, 6) is 0.860. The highest BCUT2D eigenvalue weighted by atomic mass is 16.5. The van der Waals surface area contributed by atoms with Gasteiger partial charge in [-0.1, -0.05) is 29.8 Å². The Morgan fingerprint density at radius 1 is 1.18 bits per heavy atom. The van der Waals surface area contributed by atoms with Crippen molar-refractivity contribution in [3.63, 3.8) is 0 Å². The first-order valence-corrected chi connectivity index (χ1v) is 7.37. The SMILES string of the molecule is COc1cccc(C[NH+](C)CC(=O)Nc2ccc(C)cc2)c1. The van der Waals surface area contributed by atoms with E-state index in [1.807, 2.05) is 62.5 Å². The van der Waals surface area contributed by atoms with Crippen molar-refractivity contribution in [3.8, 4) is 5.75 Å². The van der Waals surface area contributed by atoms with Gasteiger partial charge in [0.25, 0.3) is 5.91 Å². The first kappa shape index (κ1) is 16.0. The van der Waals surface area contributed by atoms with Crippen molar-refractivity contribution in [1.82, 2.24) is 0 Å². The van der Waals surface area contributed by atoms with Crippen LogP contribution in [0.5, 0.6) is 5.75 Å². The number of amides is 1. The molecule has 0 saturated heterocycles. The lowest BCUT2D eigenvalue weighted by Crippen LogP contribution is -3.08. The van der Waals surface area contributed by atoms with E-state index in [9.17, 15) is 4.79 Å². The topological polar surface area (TPSA) is 42.8 Å². The summed E-state index contributed by atoms with van der Waals surface area (Å²) in [4.78, 5) is 13.2. The van der Waals surface area contributed by atoms with Gasteiger partial charge in [-0.15, -0.1) is 0 Å². The predicted octanol–water partition coefficient (Wildman–Crippen LogP) is 1.66. The van der Waals surface area contributed by atoms with Crippen LogP contribution in [0.3, 0.4) is 0 Å². The fourth-order valence-corrected chi connectivity index (χ4v) is 2.31. The largest absolute Gasteiger partial charge is 0.497 e. The summed E-state index contributed by atoms with van der Waals surface area (Å²) in [5, 5.41) is 2.92. The number of carbonyl (C=O) groups is 1. The van der Waals surface area contributed by atoms with Gasteiger partial charge in [0.15, 0.2) is 6.54 Å². The molecule has 0 bridgehead atoms. The minimum Gasteiger partial charge on any atom is -0.497 e. The van der Waals surface area contributed by atoms with Crippen LogP contribution in [0.25, 0.3) is 0 Å². The second kappa shape index (κ2) is 7.61. The Kier molecular flexibility index (Phi) is 5.55. The molecule has 22 heavy (non-hydrogen) atoms. The van der Waals surface area contributed by atoms with E-state index in [0.29, 0.717) is 6.54 Å². The van der Waals surface area contributed by atoms with Gasteiger partial charge in [-0.2, -0.15) is 0 Å². The number of rotatable bonds is 6. The van der Waals surface area contributed by atoms with Crippen molar-refractivity contribution in [1.29, 1.82) is 0 Å². The zero-order chi connectivity index (χ0) is 15.9. The van der Waals surface area contributed by atoms with E-state index >= 15 is 0 Å². The highest BCUT2D eigenvalue weighted by Crippen LogP contribution is 2.11. The highest BCUT2D eigenvalue weighted by molar-refractivity contribution is 5.91. The Bertz CT molecular complexity index is 623. The van der Waals surface area contributed by atoms with Gasteiger partial charge in [-0.25, -0.2) is 0 Å². The van der Waals surface area contributed by atoms with Crippen LogP contribution in [0.2, 0.25) is 0 Å². The third kappa shape index (κ3) is 4.90. The first-order valence-electron chi connectivity index (χ1n) is 7.37. The molecule has 2 rings (SSSR count). The molecule has 0 heterocycles. The molecule has 116 valence electrons. The fourth-order valence-electron chi connectivity index (χ4n) is 2.31. The monoisotopic (exact) mass is 299 g/mol. The number of hydrogen-bond donors (Lipinski definition) is 2. The molecule has 1 amide bonds. The van der Waals surface area contributed by atoms with Crippen molar-refractivity contribution < 1.29 is 14.4 Å². The molecule has 1 atom stereocenters. The summed E-state index contributed by atoms with van der Waals surface area (Å²) >= 11 is 0. The second-order valence-electron chi connectivity index (χ2n) is 5.58. The van der Waals surface area contributed by atoms with E-state index in [1.165, 1.54) is 5.56 Å². The van der Waals surface area contributed by atoms with Gasteiger partial charge in [0.1, 0.15) is 12.3 Å². The molecule has 0 aromatic heterocycles. The van der Waals surface area contributed by atoms with E-state index in [0.717, 1.165) is 28.4 Å². The average Bonchev–Trinajstić information content (AvgIpc) is 2.49. The van der Waals surface area contributed by atoms with Crippen molar-refractivity contribution in [3.05, 3.63) is 59.7 Å². The minimum atomic E-state index is 0.0178. The lowest BCUT2D eigenvalue weighted by Gasteiger charge is -2.14. The molecule has 0 fully saturated rings. The van der Waals surface area contributed by atoms with E-state index in [1.54, 1.807) is 7.11 Å². The summed E-state index contributed by atoms with van der Waals surface area (Å²) in [6.45, 7) is 3.22. The smallest absolute Gasteiger partial charge is 0.279 e. The number of hydrogen-bond acceptors (Lipinski definition) is 2. The molecular formula is C18H23N2O2+. The summed E-state index contributed by atoms with van der Waals surface area (Å²) in [7, 11) is 3.67. The normalized spacial score (nSPS) is 11.8. The minimum absolute atomic E-state index is 0.0178. The van der Waals surface area contributed by atoms with Gasteiger partial charge in [0, 0.05) is 11.3 Å². The number of quaternary nitrogens is 1. The molecule has 2 N–H and O–H groups in total. The standard InChI is InChI=1S/C18H22N2O2/c1-14-7-9-16(10-8-14)19-18(21)13-20(2)12-15-5-4-6-17(11-15)22-3/h4-11H,12-13H2,1-3H3,(H,19,21)/p+1. The maximum atomic E-state index is 12.1. The average molecular weight is 299 g/mol. The number of benzene rings is 2. The Balaban J connectivity index is 1.86. The van der Waals surface area contributed by atoms with Gasteiger partial charge in [-0.3, -0.25) is 4.79 Å². The van der Waals surface area contributed by atoms with Crippen LogP contribution in [0, 0.1) is 6.92 Å². The van der Waals surface area contributed by atoms with Gasteiger partial charge in [0.2, 0.25) is 0 Å². The summed E-state index contributed by atoms with van der Waals surface area (Å²) in [5.41, 5.74) is 3.17. The summed E-state index contributed by atoms with van der Waals surface area (Å²) in [6.07, 6.45) is 0. The molecule has 0 radical (unpaired) electrons. The van der Waals surface area contributed by atoms with Crippen LogP contribution < -0.4 is 15.0 Å². The highest BCUT2D eigenvalue weighted by Gasteiger charge is 2.11. The Morgan fingerprint density at radius 2 is 1.91 bits per heavy atom. The third-order valence-corrected chi connectivity index (χ3v) is 3.44. The van der Waals surface area contributed by atoms with E-state index in [2.05, 4.69) is 5.32 Å². The fraction of sp³-hybridized carbons (Fsp3) is 0.278. The Hall–Kier alpha value is -2.33. The molecular weight excluding hydrogens is 276 g/mol. The first-order chi connectivity index (χ1) is 10.6. The Labute approximate surface area is 131 Å². The molecule has 0 aliphatic carbocycles. The van der Waals surface area contributed by atoms with Crippen molar-refractivity contribution >= 4 is 11.6 Å². The van der Waals surface area contributed by atoms with Crippen molar-refractivity contribution in [2.45, 2.75) is 13.5 Å². The summed E-state index contributed by atoms with van der Waals surface area (Å²) in [6, 6.07) is 15.8. The second-order valence-corrected chi connectivity index (χ2v) is 5.58. The van der Waals surface area contributed by atoms with Gasteiger partial charge in [-0.05, 0) is 31.2 Å². The van der Waals surface area contributed by atoms with Crippen LogP contribution in [0.1, 0.15) is 11.1 Å². The number of ether oxygens (including phenoxy) is 1. The van der Waals surface area contributed by atoms with Crippen LogP contribution in [-0.4, -0.2) is 26.6 Å². The molecule has 0 spiro atoms. The van der Waals surface area contributed by atoms with Gasteiger partial charge < -0.3 is 15.0 Å². The quantitative estimate of drug-likeness (QED) is 0.852. The molecule has 4 heteroatoms. The van der Waals surface area contributed by atoms with E-state index in [4.69, 9.17) is 4.74 Å². The number of methoxy groups -OCH3 is 1. The molecule has 1 unspecified atom stereocenters. The van der Waals surface area contributed by atoms with Crippen molar-refractivity contribution in [2.24, 2.45) is 0 Å². The molecule has 2 aromatic carbocycles. The van der Waals surface area contributed by atoms with E-state index in [-0.39, 0.29) is 5.91 Å². The third-order valence-electron chi connectivity index (χ3n) is 3.44. The van der Waals surface area contributed by atoms with Crippen LogP contribution in [0.4, 0.5) is 5.69 Å². The maximum Gasteiger partial charge on any atom is 0.279 e. The lowest BCUT2D eigenvalue weighted by molar-refractivity contribution is -0.885. The number of anilines is 1. The van der Waals surface area contributed by atoms with Crippen molar-refractivity contribution in [2.75, 3.05) is 26.0 Å². The predicted molar refractivity (Wildman–Crippen MR) is 88.3 cm³/mol. The van der Waals surface area contributed by atoms with Gasteiger partial charge >= 0.3 is 0 Å². The molecule has 0 aliphatic rings. The number of carbonyl (C=O) groups excluding carboxylic acids is 1. The molecule has 0 aliphatic heterocycles. The maximum absolute atomic E-state index is 12.1. The number of likely N-dealkylation sites (N-methyl/N-ethyl adjacent to an activating group) is 1. The van der Waals surface area contributed by atoms with Gasteiger partial charge in [0.05, 0.1) is 14.2 Å². The zero-order valence-corrected chi connectivity index (χ0v) is 13.3. The van der Waals surface area contributed by atoms with E-state index < -0.39 is 0 Å². The van der Waals surface area contributed by atoms with Crippen LogP contribution >= 0.6 is 0 Å². The number of aryl methyl sites for hydroxylation is 1. The molecule has 4 nitrogen and oxygen atoms in total. The number of nitrogens with one attached hydrogen (secondary N) is 2.